The normalized spacial score (nSPS) is 10.9. The quantitative estimate of drug-likeness (QED) is 0.724. The van der Waals surface area contributed by atoms with Crippen molar-refractivity contribution in [2.45, 2.75) is 6.92 Å². The Labute approximate surface area is 83.9 Å². The lowest BCUT2D eigenvalue weighted by Crippen LogP contribution is -1.79. The molecule has 0 aliphatic heterocycles. The highest BCUT2D eigenvalue weighted by Gasteiger charge is 2.06. The van der Waals surface area contributed by atoms with Gasteiger partial charge in [-0.15, -0.1) is 0 Å². The van der Waals surface area contributed by atoms with Gasteiger partial charge in [0, 0.05) is 21.6 Å². The van der Waals surface area contributed by atoms with E-state index in [2.05, 4.69) is 20.9 Å². The Morgan fingerprint density at radius 3 is 3.00 bits per heavy atom. The standard InChI is InChI=1S/C9H7BrClN/c1-5-8(11)7(10)4-6-2-3-12-9(5)6/h2-4,12H,1H3. The predicted octanol–water partition coefficient (Wildman–Crippen LogP) is 3.89. The number of nitrogens with one attached hydrogen (secondary N) is 1. The van der Waals surface area contributed by atoms with Crippen LogP contribution in [0.1, 0.15) is 5.56 Å². The molecule has 0 aliphatic rings. The van der Waals surface area contributed by atoms with E-state index in [9.17, 15) is 0 Å². The van der Waals surface area contributed by atoms with Crippen LogP contribution in [0.5, 0.6) is 0 Å². The van der Waals surface area contributed by atoms with E-state index in [1.54, 1.807) is 0 Å². The van der Waals surface area contributed by atoms with Gasteiger partial charge >= 0.3 is 0 Å². The maximum absolute atomic E-state index is 6.05. The number of aromatic amines is 1. The Morgan fingerprint density at radius 2 is 2.25 bits per heavy atom. The highest BCUT2D eigenvalue weighted by molar-refractivity contribution is 9.10. The SMILES string of the molecule is Cc1c(Cl)c(Br)cc2cc[nH]c12. The van der Waals surface area contributed by atoms with Crippen LogP contribution in [0.3, 0.4) is 0 Å². The number of halogens is 2. The topological polar surface area (TPSA) is 15.8 Å². The molecule has 1 nitrogen and oxygen atoms in total. The van der Waals surface area contributed by atoms with Crippen molar-refractivity contribution in [3.8, 4) is 0 Å². The number of hydrogen-bond donors (Lipinski definition) is 1. The van der Waals surface area contributed by atoms with Gasteiger partial charge in [0.25, 0.3) is 0 Å². The van der Waals surface area contributed by atoms with Crippen LogP contribution in [-0.4, -0.2) is 4.98 Å². The van der Waals surface area contributed by atoms with Gasteiger partial charge in [0.1, 0.15) is 0 Å². The van der Waals surface area contributed by atoms with Gasteiger partial charge in [0.05, 0.1) is 5.02 Å². The summed E-state index contributed by atoms with van der Waals surface area (Å²) in [5.74, 6) is 0. The summed E-state index contributed by atoms with van der Waals surface area (Å²) in [6.07, 6.45) is 1.92. The van der Waals surface area contributed by atoms with Crippen LogP contribution >= 0.6 is 27.5 Å². The van der Waals surface area contributed by atoms with Crippen LogP contribution in [0.15, 0.2) is 22.8 Å². The van der Waals surface area contributed by atoms with Crippen molar-refractivity contribution in [1.82, 2.24) is 4.98 Å². The van der Waals surface area contributed by atoms with Crippen LogP contribution in [0.25, 0.3) is 10.9 Å². The molecule has 1 aromatic heterocycles. The van der Waals surface area contributed by atoms with E-state index in [0.717, 1.165) is 20.6 Å². The van der Waals surface area contributed by atoms with E-state index in [1.165, 1.54) is 5.39 Å². The minimum atomic E-state index is 0.782. The fourth-order valence-electron chi connectivity index (χ4n) is 1.32. The number of H-pyrrole nitrogens is 1. The van der Waals surface area contributed by atoms with E-state index >= 15 is 0 Å². The Kier molecular flexibility index (Phi) is 1.89. The van der Waals surface area contributed by atoms with E-state index in [0.29, 0.717) is 0 Å². The van der Waals surface area contributed by atoms with Crippen molar-refractivity contribution in [3.05, 3.63) is 33.4 Å². The fraction of sp³-hybridized carbons (Fsp3) is 0.111. The van der Waals surface area contributed by atoms with Gasteiger partial charge in [0.15, 0.2) is 0 Å². The average molecular weight is 245 g/mol. The van der Waals surface area contributed by atoms with Crippen molar-refractivity contribution < 1.29 is 0 Å². The Balaban J connectivity index is 2.94. The number of aromatic nitrogens is 1. The highest BCUT2D eigenvalue weighted by atomic mass is 79.9. The first-order valence-electron chi connectivity index (χ1n) is 3.62. The second-order valence-electron chi connectivity index (χ2n) is 2.74. The summed E-state index contributed by atoms with van der Waals surface area (Å²) in [5, 5.41) is 1.97. The maximum Gasteiger partial charge on any atom is 0.0598 e. The lowest BCUT2D eigenvalue weighted by Gasteiger charge is -2.01. The van der Waals surface area contributed by atoms with Crippen molar-refractivity contribution in [2.75, 3.05) is 0 Å². The first-order chi connectivity index (χ1) is 5.70. The molecule has 0 amide bonds. The van der Waals surface area contributed by atoms with E-state index in [-0.39, 0.29) is 0 Å². The molecular formula is C9H7BrClN. The van der Waals surface area contributed by atoms with Crippen LogP contribution in [-0.2, 0) is 0 Å². The molecule has 0 saturated heterocycles. The van der Waals surface area contributed by atoms with Crippen LogP contribution in [0.2, 0.25) is 5.02 Å². The van der Waals surface area contributed by atoms with Crippen LogP contribution in [0.4, 0.5) is 0 Å². The van der Waals surface area contributed by atoms with Crippen molar-refractivity contribution >= 4 is 38.4 Å². The largest absolute Gasteiger partial charge is 0.361 e. The molecule has 0 saturated carbocycles. The molecule has 12 heavy (non-hydrogen) atoms. The Bertz CT molecular complexity index is 433. The van der Waals surface area contributed by atoms with Gasteiger partial charge in [-0.3, -0.25) is 0 Å². The maximum atomic E-state index is 6.05. The summed E-state index contributed by atoms with van der Waals surface area (Å²) in [5.41, 5.74) is 2.20. The van der Waals surface area contributed by atoms with Gasteiger partial charge in [-0.05, 0) is 40.5 Å². The molecule has 0 unspecified atom stereocenters. The molecule has 0 radical (unpaired) electrons. The van der Waals surface area contributed by atoms with Crippen LogP contribution in [0, 0.1) is 6.92 Å². The van der Waals surface area contributed by atoms with Gasteiger partial charge in [-0.25, -0.2) is 0 Å². The predicted molar refractivity (Wildman–Crippen MR) is 55.7 cm³/mol. The smallest absolute Gasteiger partial charge is 0.0598 e. The van der Waals surface area contributed by atoms with Crippen molar-refractivity contribution in [1.29, 1.82) is 0 Å². The average Bonchev–Trinajstić information content (AvgIpc) is 2.48. The molecule has 2 aromatic rings. The second kappa shape index (κ2) is 2.79. The molecule has 0 bridgehead atoms. The number of aryl methyl sites for hydroxylation is 1. The number of rotatable bonds is 0. The van der Waals surface area contributed by atoms with Gasteiger partial charge < -0.3 is 4.98 Å². The van der Waals surface area contributed by atoms with E-state index in [4.69, 9.17) is 11.6 Å². The summed E-state index contributed by atoms with van der Waals surface area (Å²) < 4.78 is 0.953. The van der Waals surface area contributed by atoms with Gasteiger partial charge in [-0.2, -0.15) is 0 Å². The minimum Gasteiger partial charge on any atom is -0.361 e. The molecule has 62 valence electrons. The third kappa shape index (κ3) is 1.06. The zero-order chi connectivity index (χ0) is 8.72. The summed E-state index contributed by atoms with van der Waals surface area (Å²) in [6.45, 7) is 2.01. The first kappa shape index (κ1) is 8.14. The van der Waals surface area contributed by atoms with Gasteiger partial charge in [-0.1, -0.05) is 11.6 Å². The number of hydrogen-bond acceptors (Lipinski definition) is 0. The minimum absolute atomic E-state index is 0.782. The number of benzene rings is 1. The molecule has 2 rings (SSSR count). The zero-order valence-electron chi connectivity index (χ0n) is 6.49. The van der Waals surface area contributed by atoms with Crippen molar-refractivity contribution in [2.24, 2.45) is 0 Å². The Morgan fingerprint density at radius 1 is 1.50 bits per heavy atom. The summed E-state index contributed by atoms with van der Waals surface area (Å²) in [6, 6.07) is 4.05. The van der Waals surface area contributed by atoms with Crippen molar-refractivity contribution in [3.63, 3.8) is 0 Å². The molecular weight excluding hydrogens is 237 g/mol. The third-order valence-electron chi connectivity index (χ3n) is 1.98. The lowest BCUT2D eigenvalue weighted by atomic mass is 10.2. The van der Waals surface area contributed by atoms with Crippen LogP contribution < -0.4 is 0 Å². The summed E-state index contributed by atoms with van der Waals surface area (Å²) in [4.78, 5) is 3.15. The molecule has 0 atom stereocenters. The fourth-order valence-corrected chi connectivity index (χ4v) is 2.01. The third-order valence-corrected chi connectivity index (χ3v) is 3.32. The first-order valence-corrected chi connectivity index (χ1v) is 4.79. The Hall–Kier alpha value is -0.470. The van der Waals surface area contributed by atoms with E-state index < -0.39 is 0 Å². The molecule has 1 aromatic carbocycles. The molecule has 3 heteroatoms. The zero-order valence-corrected chi connectivity index (χ0v) is 8.83. The highest BCUT2D eigenvalue weighted by Crippen LogP contribution is 2.31. The molecule has 0 fully saturated rings. The summed E-state index contributed by atoms with van der Waals surface area (Å²) in [7, 11) is 0. The number of fused-ring (bicyclic) bond motifs is 1. The molecule has 0 spiro atoms. The molecule has 1 N–H and O–H groups in total. The van der Waals surface area contributed by atoms with E-state index in [1.807, 2.05) is 25.3 Å². The lowest BCUT2D eigenvalue weighted by molar-refractivity contribution is 1.41. The molecule has 0 aliphatic carbocycles. The second-order valence-corrected chi connectivity index (χ2v) is 3.97. The van der Waals surface area contributed by atoms with Gasteiger partial charge in [0.2, 0.25) is 0 Å². The molecule has 1 heterocycles. The monoisotopic (exact) mass is 243 g/mol. The summed E-state index contributed by atoms with van der Waals surface area (Å²) >= 11 is 9.45.